The van der Waals surface area contributed by atoms with E-state index in [9.17, 15) is 13.6 Å². The minimum Gasteiger partial charge on any atom is -0.481 e. The standard InChI is InChI=1S/C11H9BrF2O2/c12-8-3-1-7(2-4-8)11(13,14)10(5-6-10)9(15)16/h1-4H,5-6H2,(H,15,16). The molecule has 16 heavy (non-hydrogen) atoms. The van der Waals surface area contributed by atoms with Crippen LogP contribution in [0.5, 0.6) is 0 Å². The normalized spacial score (nSPS) is 18.2. The highest BCUT2D eigenvalue weighted by Gasteiger charge is 2.68. The van der Waals surface area contributed by atoms with Crippen molar-refractivity contribution < 1.29 is 18.7 Å². The molecule has 5 heteroatoms. The lowest BCUT2D eigenvalue weighted by atomic mass is 9.92. The highest BCUT2D eigenvalue weighted by Crippen LogP contribution is 2.61. The van der Waals surface area contributed by atoms with Crippen molar-refractivity contribution in [1.29, 1.82) is 0 Å². The maximum atomic E-state index is 14.0. The highest BCUT2D eigenvalue weighted by atomic mass is 79.9. The van der Waals surface area contributed by atoms with Gasteiger partial charge in [0.05, 0.1) is 0 Å². The summed E-state index contributed by atoms with van der Waals surface area (Å²) in [6, 6.07) is 5.49. The van der Waals surface area contributed by atoms with Crippen LogP contribution in [0.15, 0.2) is 28.7 Å². The van der Waals surface area contributed by atoms with Crippen molar-refractivity contribution in [2.45, 2.75) is 18.8 Å². The summed E-state index contributed by atoms with van der Waals surface area (Å²) in [7, 11) is 0. The topological polar surface area (TPSA) is 37.3 Å². The first-order valence-electron chi connectivity index (χ1n) is 4.77. The molecule has 86 valence electrons. The van der Waals surface area contributed by atoms with E-state index in [1.807, 2.05) is 0 Å². The molecule has 0 amide bonds. The van der Waals surface area contributed by atoms with Crippen LogP contribution in [0.25, 0.3) is 0 Å². The number of benzene rings is 1. The molecule has 1 fully saturated rings. The van der Waals surface area contributed by atoms with Crippen molar-refractivity contribution >= 4 is 21.9 Å². The van der Waals surface area contributed by atoms with Gasteiger partial charge in [-0.2, -0.15) is 0 Å². The van der Waals surface area contributed by atoms with E-state index in [4.69, 9.17) is 5.11 Å². The fraction of sp³-hybridized carbons (Fsp3) is 0.364. The highest BCUT2D eigenvalue weighted by molar-refractivity contribution is 9.10. The van der Waals surface area contributed by atoms with Gasteiger partial charge in [-0.15, -0.1) is 0 Å². The molecule has 0 bridgehead atoms. The Morgan fingerprint density at radius 1 is 1.31 bits per heavy atom. The van der Waals surface area contributed by atoms with Crippen LogP contribution in [0.1, 0.15) is 18.4 Å². The number of rotatable bonds is 3. The Labute approximate surface area is 99.4 Å². The number of carboxylic acid groups (broad SMARTS) is 1. The molecule has 0 atom stereocenters. The van der Waals surface area contributed by atoms with Crippen molar-refractivity contribution in [3.8, 4) is 0 Å². The largest absolute Gasteiger partial charge is 0.481 e. The fourth-order valence-corrected chi connectivity index (χ4v) is 1.99. The van der Waals surface area contributed by atoms with E-state index in [2.05, 4.69) is 15.9 Å². The molecule has 0 aliphatic heterocycles. The summed E-state index contributed by atoms with van der Waals surface area (Å²) in [6.45, 7) is 0. The fourth-order valence-electron chi connectivity index (χ4n) is 1.72. The van der Waals surface area contributed by atoms with Gasteiger partial charge in [-0.25, -0.2) is 8.78 Å². The van der Waals surface area contributed by atoms with Crippen molar-refractivity contribution in [2.75, 3.05) is 0 Å². The third-order valence-corrected chi connectivity index (χ3v) is 3.50. The lowest BCUT2D eigenvalue weighted by Crippen LogP contribution is -2.34. The molecule has 0 spiro atoms. The second kappa shape index (κ2) is 3.52. The Balaban J connectivity index is 2.39. The number of aliphatic carboxylic acids is 1. The van der Waals surface area contributed by atoms with Crippen molar-refractivity contribution in [3.05, 3.63) is 34.3 Å². The Morgan fingerprint density at radius 3 is 2.19 bits per heavy atom. The first kappa shape index (κ1) is 11.5. The number of hydrogen-bond donors (Lipinski definition) is 1. The van der Waals surface area contributed by atoms with Crippen molar-refractivity contribution in [2.24, 2.45) is 5.41 Å². The van der Waals surface area contributed by atoms with Gasteiger partial charge in [-0.05, 0) is 25.0 Å². The van der Waals surface area contributed by atoms with Gasteiger partial charge >= 0.3 is 5.97 Å². The van der Waals surface area contributed by atoms with Gasteiger partial charge < -0.3 is 5.11 Å². The molecule has 0 saturated heterocycles. The number of carboxylic acids is 1. The quantitative estimate of drug-likeness (QED) is 0.926. The minimum atomic E-state index is -3.31. The summed E-state index contributed by atoms with van der Waals surface area (Å²) in [4.78, 5) is 10.9. The van der Waals surface area contributed by atoms with Crippen molar-refractivity contribution in [3.63, 3.8) is 0 Å². The Bertz CT molecular complexity index is 424. The molecule has 0 radical (unpaired) electrons. The number of hydrogen-bond acceptors (Lipinski definition) is 1. The predicted molar refractivity (Wildman–Crippen MR) is 57.3 cm³/mol. The van der Waals surface area contributed by atoms with Crippen LogP contribution in [0, 0.1) is 5.41 Å². The molecule has 0 heterocycles. The molecule has 1 aliphatic rings. The first-order chi connectivity index (χ1) is 7.40. The van der Waals surface area contributed by atoms with Crippen LogP contribution in [0.3, 0.4) is 0 Å². The summed E-state index contributed by atoms with van der Waals surface area (Å²) in [5.41, 5.74) is -2.13. The third kappa shape index (κ3) is 1.54. The van der Waals surface area contributed by atoms with E-state index in [0.717, 1.165) is 0 Å². The van der Waals surface area contributed by atoms with Crippen LogP contribution >= 0.6 is 15.9 Å². The van der Waals surface area contributed by atoms with E-state index >= 15 is 0 Å². The zero-order valence-electron chi connectivity index (χ0n) is 8.21. The Morgan fingerprint density at radius 2 is 1.81 bits per heavy atom. The lowest BCUT2D eigenvalue weighted by molar-refractivity contribution is -0.163. The second-order valence-corrected chi connectivity index (χ2v) is 4.88. The average Bonchev–Trinajstić information content (AvgIpc) is 2.98. The molecule has 1 N–H and O–H groups in total. The molecular weight excluding hydrogens is 282 g/mol. The maximum absolute atomic E-state index is 14.0. The molecule has 2 rings (SSSR count). The van der Waals surface area contributed by atoms with Gasteiger partial charge in [0.1, 0.15) is 5.41 Å². The molecule has 1 aromatic rings. The smallest absolute Gasteiger partial charge is 0.316 e. The summed E-state index contributed by atoms with van der Waals surface area (Å²) >= 11 is 3.15. The summed E-state index contributed by atoms with van der Waals surface area (Å²) < 4.78 is 28.7. The van der Waals surface area contributed by atoms with E-state index in [1.165, 1.54) is 24.3 Å². The molecule has 0 unspecified atom stereocenters. The monoisotopic (exact) mass is 290 g/mol. The van der Waals surface area contributed by atoms with Crippen LogP contribution in [0.2, 0.25) is 0 Å². The van der Waals surface area contributed by atoms with Gasteiger partial charge in [0.25, 0.3) is 5.92 Å². The van der Waals surface area contributed by atoms with E-state index in [0.29, 0.717) is 4.47 Å². The van der Waals surface area contributed by atoms with E-state index < -0.39 is 17.3 Å². The number of carbonyl (C=O) groups is 1. The Kier molecular flexibility index (Phi) is 2.53. The zero-order valence-corrected chi connectivity index (χ0v) is 9.80. The second-order valence-electron chi connectivity index (χ2n) is 3.97. The minimum absolute atomic E-state index is 0.0331. The number of halogens is 3. The van der Waals surface area contributed by atoms with Gasteiger partial charge in [0.15, 0.2) is 0 Å². The van der Waals surface area contributed by atoms with Crippen LogP contribution in [-0.2, 0) is 10.7 Å². The van der Waals surface area contributed by atoms with E-state index in [1.54, 1.807) is 0 Å². The van der Waals surface area contributed by atoms with E-state index in [-0.39, 0.29) is 18.4 Å². The first-order valence-corrected chi connectivity index (χ1v) is 5.57. The molecule has 1 aliphatic carbocycles. The maximum Gasteiger partial charge on any atom is 0.316 e. The third-order valence-electron chi connectivity index (χ3n) is 2.97. The SMILES string of the molecule is O=C(O)C1(C(F)(F)c2ccc(Br)cc2)CC1. The van der Waals surface area contributed by atoms with Crippen LogP contribution in [0.4, 0.5) is 8.78 Å². The Hall–Kier alpha value is -0.970. The molecule has 0 aromatic heterocycles. The van der Waals surface area contributed by atoms with Gasteiger partial charge in [-0.3, -0.25) is 4.79 Å². The molecule has 2 nitrogen and oxygen atoms in total. The van der Waals surface area contributed by atoms with Gasteiger partial charge in [-0.1, -0.05) is 28.1 Å². The molecule has 1 saturated carbocycles. The lowest BCUT2D eigenvalue weighted by Gasteiger charge is -2.23. The average molecular weight is 291 g/mol. The van der Waals surface area contributed by atoms with Crippen molar-refractivity contribution in [1.82, 2.24) is 0 Å². The molecule has 1 aromatic carbocycles. The van der Waals surface area contributed by atoms with Gasteiger partial charge in [0, 0.05) is 10.0 Å². The van der Waals surface area contributed by atoms with Crippen LogP contribution < -0.4 is 0 Å². The van der Waals surface area contributed by atoms with Gasteiger partial charge in [0.2, 0.25) is 0 Å². The summed E-state index contributed by atoms with van der Waals surface area (Å²) in [5.74, 6) is -4.72. The predicted octanol–water partition coefficient (Wildman–Crippen LogP) is 3.41. The summed E-state index contributed by atoms with van der Waals surface area (Å²) in [6.07, 6.45) is 0.0663. The molecular formula is C11H9BrF2O2. The number of alkyl halides is 2. The zero-order chi connectivity index (χ0) is 12.0. The van der Waals surface area contributed by atoms with Crippen LogP contribution in [-0.4, -0.2) is 11.1 Å². The summed E-state index contributed by atoms with van der Waals surface area (Å²) in [5, 5.41) is 8.87.